The van der Waals surface area contributed by atoms with Gasteiger partial charge in [0.15, 0.2) is 0 Å². The molecule has 0 saturated heterocycles. The maximum atomic E-state index is 13.0. The second kappa shape index (κ2) is 8.38. The van der Waals surface area contributed by atoms with Crippen molar-refractivity contribution in [3.63, 3.8) is 0 Å². The largest absolute Gasteiger partial charge is 0.457 e. The summed E-state index contributed by atoms with van der Waals surface area (Å²) in [6.07, 6.45) is 7.70. The number of nitro groups is 2. The number of nitrogens with one attached hydrogen (secondary N) is 1. The van der Waals surface area contributed by atoms with Crippen LogP contribution in [0.3, 0.4) is 0 Å². The minimum absolute atomic E-state index is 0.0199. The predicted molar refractivity (Wildman–Crippen MR) is 124 cm³/mol. The molecule has 0 unspecified atom stereocenters. The Morgan fingerprint density at radius 3 is 1.88 bits per heavy atom. The van der Waals surface area contributed by atoms with Gasteiger partial charge >= 0.3 is 0 Å². The number of carbonyl (C=O) groups is 1. The average molecular weight is 466 g/mol. The van der Waals surface area contributed by atoms with E-state index < -0.39 is 21.2 Å². The molecule has 9 heteroatoms. The molecule has 9 nitrogen and oxygen atoms in total. The van der Waals surface area contributed by atoms with Crippen molar-refractivity contribution >= 4 is 17.3 Å². The van der Waals surface area contributed by atoms with E-state index in [1.54, 1.807) is 24.3 Å². The minimum atomic E-state index is -0.710. The summed E-state index contributed by atoms with van der Waals surface area (Å²) in [6, 6.07) is 9.65. The normalized spacial score (nSPS) is 27.7. The van der Waals surface area contributed by atoms with Crippen LogP contribution in [-0.2, 0) is 0 Å². The Morgan fingerprint density at radius 2 is 1.41 bits per heavy atom. The van der Waals surface area contributed by atoms with Crippen LogP contribution in [0.15, 0.2) is 42.5 Å². The minimum Gasteiger partial charge on any atom is -0.457 e. The van der Waals surface area contributed by atoms with E-state index in [1.807, 2.05) is 0 Å². The monoisotopic (exact) mass is 465 g/mol. The van der Waals surface area contributed by atoms with E-state index in [4.69, 9.17) is 4.74 Å². The highest BCUT2D eigenvalue weighted by atomic mass is 16.6. The molecule has 1 amide bonds. The van der Waals surface area contributed by atoms with Crippen molar-refractivity contribution in [2.75, 3.05) is 0 Å². The Morgan fingerprint density at radius 1 is 0.912 bits per heavy atom. The van der Waals surface area contributed by atoms with E-state index in [0.29, 0.717) is 11.3 Å². The summed E-state index contributed by atoms with van der Waals surface area (Å²) in [6.45, 7) is 2.14. The zero-order chi connectivity index (χ0) is 24.0. The molecule has 6 rings (SSSR count). The van der Waals surface area contributed by atoms with E-state index in [-0.39, 0.29) is 23.1 Å². The third-order valence-electron chi connectivity index (χ3n) is 8.00. The van der Waals surface area contributed by atoms with Crippen molar-refractivity contribution in [3.05, 3.63) is 68.3 Å². The van der Waals surface area contributed by atoms with Crippen molar-refractivity contribution in [3.8, 4) is 11.5 Å². The lowest BCUT2D eigenvalue weighted by Gasteiger charge is -2.59. The van der Waals surface area contributed by atoms with Crippen LogP contribution in [0.25, 0.3) is 0 Å². The summed E-state index contributed by atoms with van der Waals surface area (Å²) in [5.41, 5.74) is -0.156. The SMILES string of the molecule is C[C@H](NC(=O)c1ccc(Oc2cc([N+](=O)[O-])cc([N+](=O)[O-])c2)cc1)C12CC3CC(CC(C3)C1)C2. The topological polar surface area (TPSA) is 125 Å². The number of benzene rings is 2. The van der Waals surface area contributed by atoms with Gasteiger partial charge in [-0.3, -0.25) is 25.0 Å². The van der Waals surface area contributed by atoms with Crippen LogP contribution in [-0.4, -0.2) is 21.8 Å². The third kappa shape index (κ3) is 4.22. The van der Waals surface area contributed by atoms with Gasteiger partial charge in [0, 0.05) is 11.6 Å². The molecule has 4 aliphatic rings. The van der Waals surface area contributed by atoms with Crippen molar-refractivity contribution in [1.82, 2.24) is 5.32 Å². The summed E-state index contributed by atoms with van der Waals surface area (Å²) in [5, 5.41) is 25.4. The zero-order valence-corrected chi connectivity index (χ0v) is 18.9. The van der Waals surface area contributed by atoms with Crippen LogP contribution in [0.2, 0.25) is 0 Å². The van der Waals surface area contributed by atoms with E-state index in [9.17, 15) is 25.0 Å². The van der Waals surface area contributed by atoms with Gasteiger partial charge in [0.25, 0.3) is 17.3 Å². The molecule has 1 N–H and O–H groups in total. The standard InChI is InChI=1S/C25H27N3O6/c1-15(25-12-16-6-17(13-25)8-18(7-16)14-25)26-24(29)19-2-4-22(5-3-19)34-23-10-20(27(30)31)9-21(11-23)28(32)33/h2-5,9-11,15-18H,6-8,12-14H2,1H3,(H,26,29)/t15-,16?,17?,18?,25?/m0/s1. The molecule has 4 saturated carbocycles. The van der Waals surface area contributed by atoms with Crippen LogP contribution < -0.4 is 10.1 Å². The second-order valence-corrected chi connectivity index (χ2v) is 10.3. The number of hydrogen-bond donors (Lipinski definition) is 1. The van der Waals surface area contributed by atoms with Gasteiger partial charge in [0.2, 0.25) is 0 Å². The van der Waals surface area contributed by atoms with Gasteiger partial charge < -0.3 is 10.1 Å². The quantitative estimate of drug-likeness (QED) is 0.417. The molecule has 178 valence electrons. The van der Waals surface area contributed by atoms with Gasteiger partial charge in [-0.05, 0) is 92.9 Å². The Labute approximate surface area is 196 Å². The first-order chi connectivity index (χ1) is 16.2. The Bertz CT molecular complexity index is 1080. The lowest BCUT2D eigenvalue weighted by Crippen LogP contribution is -2.55. The summed E-state index contributed by atoms with van der Waals surface area (Å²) in [7, 11) is 0. The fourth-order valence-corrected chi connectivity index (χ4v) is 6.79. The molecular weight excluding hydrogens is 438 g/mol. The lowest BCUT2D eigenvalue weighted by atomic mass is 9.48. The van der Waals surface area contributed by atoms with Crippen molar-refractivity contribution < 1.29 is 19.4 Å². The van der Waals surface area contributed by atoms with Crippen molar-refractivity contribution in [2.45, 2.75) is 51.5 Å². The molecule has 34 heavy (non-hydrogen) atoms. The van der Waals surface area contributed by atoms with Crippen LogP contribution in [0.4, 0.5) is 11.4 Å². The van der Waals surface area contributed by atoms with Gasteiger partial charge in [-0.25, -0.2) is 0 Å². The number of rotatable bonds is 7. The first-order valence-electron chi connectivity index (χ1n) is 11.7. The molecule has 0 aromatic heterocycles. The number of amides is 1. The number of hydrogen-bond acceptors (Lipinski definition) is 6. The molecule has 0 radical (unpaired) electrons. The smallest absolute Gasteiger partial charge is 0.280 e. The fraction of sp³-hybridized carbons (Fsp3) is 0.480. The summed E-state index contributed by atoms with van der Waals surface area (Å²) in [5.74, 6) is 2.60. The number of non-ortho nitro benzene ring substituents is 2. The van der Waals surface area contributed by atoms with Crippen LogP contribution in [0.1, 0.15) is 55.8 Å². The summed E-state index contributed by atoms with van der Waals surface area (Å²) in [4.78, 5) is 33.7. The number of carbonyl (C=O) groups excluding carboxylic acids is 1. The zero-order valence-electron chi connectivity index (χ0n) is 18.9. The molecule has 2 aromatic rings. The maximum absolute atomic E-state index is 13.0. The van der Waals surface area contributed by atoms with E-state index in [0.717, 1.165) is 36.0 Å². The van der Waals surface area contributed by atoms with E-state index >= 15 is 0 Å². The number of nitro benzene ring substituents is 2. The second-order valence-electron chi connectivity index (χ2n) is 10.3. The molecule has 4 bridgehead atoms. The molecule has 4 aliphatic carbocycles. The molecule has 0 spiro atoms. The Kier molecular flexibility index (Phi) is 5.50. The van der Waals surface area contributed by atoms with E-state index in [2.05, 4.69) is 12.2 Å². The van der Waals surface area contributed by atoms with E-state index in [1.165, 1.54) is 38.5 Å². The summed E-state index contributed by atoms with van der Waals surface area (Å²) < 4.78 is 5.60. The molecule has 2 aromatic carbocycles. The molecule has 0 aliphatic heterocycles. The van der Waals surface area contributed by atoms with Gasteiger partial charge in [0.1, 0.15) is 11.5 Å². The predicted octanol–water partition coefficient (Wildman–Crippen LogP) is 5.63. The number of ether oxygens (including phenoxy) is 1. The fourth-order valence-electron chi connectivity index (χ4n) is 6.79. The molecule has 1 atom stereocenters. The molecule has 4 fully saturated rings. The average Bonchev–Trinajstić information content (AvgIpc) is 2.78. The highest BCUT2D eigenvalue weighted by Gasteiger charge is 2.53. The van der Waals surface area contributed by atoms with Crippen LogP contribution in [0, 0.1) is 43.4 Å². The highest BCUT2D eigenvalue weighted by Crippen LogP contribution is 2.61. The Hall–Kier alpha value is -3.49. The number of nitrogens with zero attached hydrogens (tertiary/aromatic N) is 2. The first kappa shape index (κ1) is 22.3. The highest BCUT2D eigenvalue weighted by molar-refractivity contribution is 5.94. The van der Waals surface area contributed by atoms with Gasteiger partial charge in [-0.15, -0.1) is 0 Å². The molecule has 0 heterocycles. The van der Waals surface area contributed by atoms with Crippen molar-refractivity contribution in [2.24, 2.45) is 23.2 Å². The van der Waals surface area contributed by atoms with Crippen LogP contribution >= 0.6 is 0 Å². The van der Waals surface area contributed by atoms with Crippen molar-refractivity contribution in [1.29, 1.82) is 0 Å². The first-order valence-corrected chi connectivity index (χ1v) is 11.7. The maximum Gasteiger partial charge on any atom is 0.280 e. The third-order valence-corrected chi connectivity index (χ3v) is 8.00. The molecular formula is C25H27N3O6. The van der Waals surface area contributed by atoms with Crippen LogP contribution in [0.5, 0.6) is 11.5 Å². The van der Waals surface area contributed by atoms with Gasteiger partial charge in [-0.2, -0.15) is 0 Å². The summed E-state index contributed by atoms with van der Waals surface area (Å²) >= 11 is 0. The lowest BCUT2D eigenvalue weighted by molar-refractivity contribution is -0.394. The van der Waals surface area contributed by atoms with Gasteiger partial charge in [-0.1, -0.05) is 0 Å². The van der Waals surface area contributed by atoms with Gasteiger partial charge in [0.05, 0.1) is 28.0 Å². The Balaban J connectivity index is 1.26.